The van der Waals surface area contributed by atoms with Gasteiger partial charge in [-0.15, -0.1) is 0 Å². The Morgan fingerprint density at radius 2 is 1.93 bits per heavy atom. The Hall–Kier alpha value is -1.68. The predicted octanol–water partition coefficient (Wildman–Crippen LogP) is 2.10. The van der Waals surface area contributed by atoms with Gasteiger partial charge < -0.3 is 11.1 Å². The largest absolute Gasteiger partial charge is 0.366 e. The summed E-state index contributed by atoms with van der Waals surface area (Å²) in [5.41, 5.74) is 5.59. The van der Waals surface area contributed by atoms with Crippen molar-refractivity contribution in [2.24, 2.45) is 5.73 Å². The van der Waals surface area contributed by atoms with Crippen molar-refractivity contribution in [1.82, 2.24) is 0 Å². The second-order valence-electron chi connectivity index (χ2n) is 2.65. The van der Waals surface area contributed by atoms with Crippen molar-refractivity contribution in [2.45, 2.75) is 6.92 Å². The van der Waals surface area contributed by atoms with Crippen LogP contribution in [-0.4, -0.2) is 10.9 Å². The highest BCUT2D eigenvalue weighted by Crippen LogP contribution is 2.04. The number of primary amides is 1. The van der Waals surface area contributed by atoms with Gasteiger partial charge in [0.2, 0.25) is 5.91 Å². The topological polar surface area (TPSA) is 55.1 Å². The number of para-hydroxylation sites is 1. The average Bonchev–Trinajstić information content (AvgIpc) is 2.19. The number of nitrogens with one attached hydrogen (secondary N) is 1. The van der Waals surface area contributed by atoms with Crippen LogP contribution in [-0.2, 0) is 4.79 Å². The molecule has 0 radical (unpaired) electrons. The van der Waals surface area contributed by atoms with Crippen LogP contribution in [0.4, 0.5) is 5.69 Å². The molecule has 0 aliphatic carbocycles. The SMILES string of the molecule is C=CC(N)=O.CC(=S)Nc1ccccc1. The molecule has 0 heterocycles. The lowest BCUT2D eigenvalue weighted by Gasteiger charge is -2.00. The van der Waals surface area contributed by atoms with E-state index in [4.69, 9.17) is 12.2 Å². The number of anilines is 1. The van der Waals surface area contributed by atoms with Gasteiger partial charge in [0.1, 0.15) is 0 Å². The first-order valence-electron chi connectivity index (χ1n) is 4.30. The molecule has 0 fully saturated rings. The first-order chi connectivity index (χ1) is 7.06. The Balaban J connectivity index is 0.000000336. The molecule has 0 atom stereocenters. The number of benzene rings is 1. The fourth-order valence-electron chi connectivity index (χ4n) is 0.725. The van der Waals surface area contributed by atoms with Crippen LogP contribution in [0.1, 0.15) is 6.92 Å². The molecule has 0 saturated carbocycles. The summed E-state index contributed by atoms with van der Waals surface area (Å²) in [5, 5.41) is 3.04. The van der Waals surface area contributed by atoms with E-state index in [2.05, 4.69) is 17.6 Å². The lowest BCUT2D eigenvalue weighted by molar-refractivity contribution is -0.113. The van der Waals surface area contributed by atoms with E-state index in [-0.39, 0.29) is 0 Å². The molecule has 1 aromatic rings. The first kappa shape index (κ1) is 13.3. The summed E-state index contributed by atoms with van der Waals surface area (Å²) in [4.78, 5) is 10.3. The van der Waals surface area contributed by atoms with Crippen LogP contribution < -0.4 is 11.1 Å². The standard InChI is InChI=1S/C8H9NS.C3H5NO/c1-7(10)9-8-5-3-2-4-6-8;1-2-3(4)5/h2-6H,1H3,(H,9,10);2H,1H2,(H2,4,5). The van der Waals surface area contributed by atoms with E-state index >= 15 is 0 Å². The zero-order valence-corrected chi connectivity index (χ0v) is 9.38. The summed E-state index contributed by atoms with van der Waals surface area (Å²) >= 11 is 4.87. The first-order valence-corrected chi connectivity index (χ1v) is 4.71. The zero-order chi connectivity index (χ0) is 11.7. The molecule has 0 aliphatic heterocycles. The predicted molar refractivity (Wildman–Crippen MR) is 67.7 cm³/mol. The van der Waals surface area contributed by atoms with Gasteiger partial charge in [0.15, 0.2) is 0 Å². The normalized spacial score (nSPS) is 8.07. The van der Waals surface area contributed by atoms with Crippen molar-refractivity contribution in [3.05, 3.63) is 43.0 Å². The third-order valence-corrected chi connectivity index (χ3v) is 1.40. The van der Waals surface area contributed by atoms with Crippen molar-refractivity contribution in [1.29, 1.82) is 0 Å². The number of hydrogen-bond acceptors (Lipinski definition) is 2. The van der Waals surface area contributed by atoms with Crippen LogP contribution in [0.2, 0.25) is 0 Å². The minimum Gasteiger partial charge on any atom is -0.366 e. The molecule has 1 rings (SSSR count). The van der Waals surface area contributed by atoms with Crippen LogP contribution in [0.15, 0.2) is 43.0 Å². The van der Waals surface area contributed by atoms with Gasteiger partial charge in [-0.25, -0.2) is 0 Å². The molecule has 15 heavy (non-hydrogen) atoms. The maximum atomic E-state index is 9.47. The van der Waals surface area contributed by atoms with Crippen molar-refractivity contribution in [3.63, 3.8) is 0 Å². The Morgan fingerprint density at radius 3 is 2.27 bits per heavy atom. The highest BCUT2D eigenvalue weighted by Gasteiger charge is 1.86. The zero-order valence-electron chi connectivity index (χ0n) is 8.57. The van der Waals surface area contributed by atoms with Crippen LogP contribution in [0.3, 0.4) is 0 Å². The summed E-state index contributed by atoms with van der Waals surface area (Å²) < 4.78 is 0. The Bertz CT molecular complexity index is 336. The Kier molecular flexibility index (Phi) is 6.84. The van der Waals surface area contributed by atoms with E-state index < -0.39 is 5.91 Å². The second-order valence-corrected chi connectivity index (χ2v) is 3.27. The fourth-order valence-corrected chi connectivity index (χ4v) is 0.843. The van der Waals surface area contributed by atoms with Crippen LogP contribution in [0.5, 0.6) is 0 Å². The van der Waals surface area contributed by atoms with Crippen molar-refractivity contribution >= 4 is 28.8 Å². The molecule has 4 heteroatoms. The van der Waals surface area contributed by atoms with E-state index in [1.807, 2.05) is 37.3 Å². The van der Waals surface area contributed by atoms with Gasteiger partial charge in [-0.3, -0.25) is 4.79 Å². The molecule has 3 N–H and O–H groups in total. The second kappa shape index (κ2) is 7.70. The highest BCUT2D eigenvalue weighted by atomic mass is 32.1. The number of carbonyl (C=O) groups is 1. The molecule has 0 aromatic heterocycles. The Labute approximate surface area is 95.0 Å². The van der Waals surface area contributed by atoms with Crippen LogP contribution >= 0.6 is 12.2 Å². The summed E-state index contributed by atoms with van der Waals surface area (Å²) in [7, 11) is 0. The van der Waals surface area contributed by atoms with E-state index in [1.165, 1.54) is 0 Å². The number of rotatable bonds is 2. The molecule has 1 aromatic carbocycles. The van der Waals surface area contributed by atoms with Gasteiger partial charge in [-0.2, -0.15) is 0 Å². The molecule has 0 spiro atoms. The summed E-state index contributed by atoms with van der Waals surface area (Å²) in [6, 6.07) is 9.89. The molecule has 0 saturated heterocycles. The quantitative estimate of drug-likeness (QED) is 0.595. The third kappa shape index (κ3) is 8.64. The number of hydrogen-bond donors (Lipinski definition) is 2. The van der Waals surface area contributed by atoms with Gasteiger partial charge >= 0.3 is 0 Å². The smallest absolute Gasteiger partial charge is 0.240 e. The molecule has 3 nitrogen and oxygen atoms in total. The van der Waals surface area contributed by atoms with Gasteiger partial charge in [-0.05, 0) is 25.1 Å². The van der Waals surface area contributed by atoms with Gasteiger partial charge in [0.25, 0.3) is 0 Å². The van der Waals surface area contributed by atoms with Crippen molar-refractivity contribution in [3.8, 4) is 0 Å². The molecular weight excluding hydrogens is 208 g/mol. The summed E-state index contributed by atoms with van der Waals surface area (Å²) in [6.07, 6.45) is 1.06. The van der Waals surface area contributed by atoms with Gasteiger partial charge in [0, 0.05) is 5.69 Å². The summed E-state index contributed by atoms with van der Waals surface area (Å²) in [6.45, 7) is 4.95. The number of amides is 1. The molecule has 0 bridgehead atoms. The summed E-state index contributed by atoms with van der Waals surface area (Å²) in [5.74, 6) is -0.481. The fraction of sp³-hybridized carbons (Fsp3) is 0.0909. The van der Waals surface area contributed by atoms with E-state index in [9.17, 15) is 4.79 Å². The third-order valence-electron chi connectivity index (χ3n) is 1.30. The average molecular weight is 222 g/mol. The maximum absolute atomic E-state index is 9.47. The number of carbonyl (C=O) groups excluding carboxylic acids is 1. The van der Waals surface area contributed by atoms with E-state index in [1.54, 1.807) is 0 Å². The highest BCUT2D eigenvalue weighted by molar-refractivity contribution is 7.80. The van der Waals surface area contributed by atoms with Crippen molar-refractivity contribution < 1.29 is 4.79 Å². The van der Waals surface area contributed by atoms with Crippen molar-refractivity contribution in [2.75, 3.05) is 5.32 Å². The molecule has 80 valence electrons. The lowest BCUT2D eigenvalue weighted by atomic mass is 10.3. The van der Waals surface area contributed by atoms with E-state index in [0.29, 0.717) is 0 Å². The van der Waals surface area contributed by atoms with Gasteiger partial charge in [0.05, 0.1) is 4.99 Å². The molecular formula is C11H14N2OS. The van der Waals surface area contributed by atoms with Crippen LogP contribution in [0.25, 0.3) is 0 Å². The Morgan fingerprint density at radius 1 is 1.47 bits per heavy atom. The number of nitrogens with two attached hydrogens (primary N) is 1. The molecule has 0 unspecified atom stereocenters. The lowest BCUT2D eigenvalue weighted by Crippen LogP contribution is -2.04. The molecule has 0 aliphatic rings. The minimum absolute atomic E-state index is 0.481. The van der Waals surface area contributed by atoms with E-state index in [0.717, 1.165) is 16.8 Å². The minimum atomic E-state index is -0.481. The monoisotopic (exact) mass is 222 g/mol. The van der Waals surface area contributed by atoms with Crippen LogP contribution in [0, 0.1) is 0 Å². The van der Waals surface area contributed by atoms with Gasteiger partial charge in [-0.1, -0.05) is 37.0 Å². The maximum Gasteiger partial charge on any atom is 0.240 e. The molecule has 1 amide bonds. The number of thiocarbonyl (C=S) groups is 1.